The molecule has 9 heteroatoms. The molecule has 39 heavy (non-hydrogen) atoms. The van der Waals surface area contributed by atoms with Crippen LogP contribution in [0.1, 0.15) is 99.6 Å². The zero-order valence-electron chi connectivity index (χ0n) is 23.9. The molecule has 0 unspecified atom stereocenters. The van der Waals surface area contributed by atoms with Gasteiger partial charge in [-0.2, -0.15) is 13.2 Å². The molecule has 214 valence electrons. The molecule has 0 bridgehead atoms. The zero-order valence-corrected chi connectivity index (χ0v) is 25.6. The van der Waals surface area contributed by atoms with Gasteiger partial charge in [0.15, 0.2) is 8.32 Å². The maximum absolute atomic E-state index is 13.3. The van der Waals surface area contributed by atoms with Crippen molar-refractivity contribution in [3.8, 4) is 0 Å². The molecule has 0 saturated carbocycles. The number of fused-ring (bicyclic) bond motifs is 4. The predicted molar refractivity (Wildman–Crippen MR) is 148 cm³/mol. The molecule has 3 heterocycles. The van der Waals surface area contributed by atoms with E-state index in [4.69, 9.17) is 30.5 Å². The third kappa shape index (κ3) is 5.20. The molecule has 2 atom stereocenters. The third-order valence-electron chi connectivity index (χ3n) is 9.16. The number of hydrogen-bond donors (Lipinski definition) is 0. The molecule has 1 aromatic carbocycles. The standard InChI is InChI=1S/C30H39ClF3NO3Si/c1-27(2,3)39(6,7)38-21-17-28(4,5)16-20-22(21)24-23(26(31)35-20)25(37-29(24)12-14-36-15-13-29)18-8-10-19(11-9-18)30(32,33)34/h8-11,21,25H,12-17H2,1-7H3/t21-,25+/m0/s1. The molecule has 1 fully saturated rings. The highest BCUT2D eigenvalue weighted by Crippen LogP contribution is 2.59. The normalized spacial score (nSPS) is 24.5. The molecule has 2 aliphatic heterocycles. The van der Waals surface area contributed by atoms with Crippen LogP contribution in [0.15, 0.2) is 24.3 Å². The summed E-state index contributed by atoms with van der Waals surface area (Å²) in [6.45, 7) is 16.8. The van der Waals surface area contributed by atoms with Crippen molar-refractivity contribution in [1.29, 1.82) is 0 Å². The Kier molecular flexibility index (Phi) is 7.11. The molecule has 5 rings (SSSR count). The first-order chi connectivity index (χ1) is 17.9. The van der Waals surface area contributed by atoms with E-state index in [1.807, 2.05) is 0 Å². The number of nitrogens with zero attached hydrogens (tertiary/aromatic N) is 1. The van der Waals surface area contributed by atoms with E-state index in [2.05, 4.69) is 47.7 Å². The SMILES string of the molecule is CC1(C)Cc2nc(Cl)c3c(c2[C@@H](O[Si](C)(C)C(C)(C)C)C1)C1(CCOCC1)O[C@@H]3c1ccc(C(F)(F)F)cc1. The first-order valence-electron chi connectivity index (χ1n) is 13.8. The van der Waals surface area contributed by atoms with Gasteiger partial charge < -0.3 is 13.9 Å². The van der Waals surface area contributed by atoms with Crippen molar-refractivity contribution in [2.45, 2.75) is 102 Å². The van der Waals surface area contributed by atoms with E-state index in [0.717, 1.165) is 47.4 Å². The Labute approximate surface area is 235 Å². The van der Waals surface area contributed by atoms with Crippen LogP contribution in [0.25, 0.3) is 0 Å². The summed E-state index contributed by atoms with van der Waals surface area (Å²) in [5, 5.41) is 0.383. The zero-order chi connectivity index (χ0) is 28.6. The molecule has 4 nitrogen and oxygen atoms in total. The molecule has 0 amide bonds. The van der Waals surface area contributed by atoms with Crippen LogP contribution < -0.4 is 0 Å². The molecule has 1 aliphatic carbocycles. The molecule has 1 aromatic heterocycles. The minimum atomic E-state index is -4.41. The highest BCUT2D eigenvalue weighted by molar-refractivity contribution is 6.74. The summed E-state index contributed by atoms with van der Waals surface area (Å²) in [6, 6.07) is 5.22. The average molecular weight is 582 g/mol. The van der Waals surface area contributed by atoms with Gasteiger partial charge in [-0.3, -0.25) is 0 Å². The lowest BCUT2D eigenvalue weighted by Crippen LogP contribution is -2.44. The van der Waals surface area contributed by atoms with Crippen molar-refractivity contribution >= 4 is 19.9 Å². The van der Waals surface area contributed by atoms with Crippen LogP contribution in [-0.2, 0) is 32.1 Å². The second-order valence-electron chi connectivity index (χ2n) is 13.7. The Hall–Kier alpha value is -1.45. The Morgan fingerprint density at radius 3 is 2.21 bits per heavy atom. The van der Waals surface area contributed by atoms with Crippen LogP contribution in [0.3, 0.4) is 0 Å². The number of ether oxygens (including phenoxy) is 2. The summed E-state index contributed by atoms with van der Waals surface area (Å²) >= 11 is 6.97. The summed E-state index contributed by atoms with van der Waals surface area (Å²) in [5.74, 6) is 0. The monoisotopic (exact) mass is 581 g/mol. The second kappa shape index (κ2) is 9.55. The van der Waals surface area contributed by atoms with Gasteiger partial charge in [-0.05, 0) is 54.1 Å². The van der Waals surface area contributed by atoms with Crippen LogP contribution in [0, 0.1) is 5.41 Å². The third-order valence-corrected chi connectivity index (χ3v) is 13.9. The predicted octanol–water partition coefficient (Wildman–Crippen LogP) is 8.91. The van der Waals surface area contributed by atoms with E-state index in [9.17, 15) is 13.2 Å². The van der Waals surface area contributed by atoms with E-state index in [1.54, 1.807) is 0 Å². The van der Waals surface area contributed by atoms with E-state index < -0.39 is 31.8 Å². The molecule has 1 spiro atoms. The fourth-order valence-corrected chi connectivity index (χ4v) is 7.66. The van der Waals surface area contributed by atoms with Crippen LogP contribution in [0.5, 0.6) is 0 Å². The first kappa shape index (κ1) is 29.1. The first-order valence-corrected chi connectivity index (χ1v) is 17.1. The van der Waals surface area contributed by atoms with Crippen molar-refractivity contribution in [2.75, 3.05) is 13.2 Å². The van der Waals surface area contributed by atoms with Gasteiger partial charge >= 0.3 is 6.18 Å². The molecular weight excluding hydrogens is 543 g/mol. The number of rotatable bonds is 3. The largest absolute Gasteiger partial charge is 0.416 e. The van der Waals surface area contributed by atoms with E-state index in [1.165, 1.54) is 12.1 Å². The van der Waals surface area contributed by atoms with Crippen molar-refractivity contribution in [2.24, 2.45) is 5.41 Å². The lowest BCUT2D eigenvalue weighted by Gasteiger charge is -2.46. The fourth-order valence-electron chi connectivity index (χ4n) is 6.10. The summed E-state index contributed by atoms with van der Waals surface area (Å²) in [5.41, 5.74) is 3.08. The lowest BCUT2D eigenvalue weighted by molar-refractivity contribution is -0.137. The van der Waals surface area contributed by atoms with Crippen LogP contribution in [0.4, 0.5) is 13.2 Å². The molecule has 3 aliphatic rings. The summed E-state index contributed by atoms with van der Waals surface area (Å²) in [6.07, 6.45) is -2.30. The van der Waals surface area contributed by atoms with Gasteiger partial charge in [0.25, 0.3) is 0 Å². The van der Waals surface area contributed by atoms with E-state index in [-0.39, 0.29) is 16.6 Å². The molecule has 0 radical (unpaired) electrons. The van der Waals surface area contributed by atoms with Crippen molar-refractivity contribution in [3.05, 3.63) is 62.9 Å². The average Bonchev–Trinajstić information content (AvgIpc) is 3.12. The van der Waals surface area contributed by atoms with Gasteiger partial charge in [0.2, 0.25) is 0 Å². The van der Waals surface area contributed by atoms with Gasteiger partial charge in [0.05, 0.1) is 17.3 Å². The van der Waals surface area contributed by atoms with Gasteiger partial charge in [-0.15, -0.1) is 0 Å². The van der Waals surface area contributed by atoms with E-state index in [0.29, 0.717) is 36.8 Å². The minimum Gasteiger partial charge on any atom is -0.410 e. The summed E-state index contributed by atoms with van der Waals surface area (Å²) in [4.78, 5) is 4.94. The Bertz CT molecular complexity index is 1250. The number of aromatic nitrogens is 1. The lowest BCUT2D eigenvalue weighted by atomic mass is 9.70. The molecule has 0 N–H and O–H groups in total. The van der Waals surface area contributed by atoms with Gasteiger partial charge in [0, 0.05) is 48.4 Å². The quantitative estimate of drug-likeness (QED) is 0.268. The maximum Gasteiger partial charge on any atom is 0.416 e. The van der Waals surface area contributed by atoms with Gasteiger partial charge in [-0.1, -0.05) is 58.4 Å². The minimum absolute atomic E-state index is 0.0212. The van der Waals surface area contributed by atoms with Crippen molar-refractivity contribution < 1.29 is 27.1 Å². The number of hydrogen-bond acceptors (Lipinski definition) is 4. The summed E-state index contributed by atoms with van der Waals surface area (Å²) < 4.78 is 59.7. The molecular formula is C30H39ClF3NO3Si. The number of pyridine rings is 1. The Morgan fingerprint density at radius 2 is 1.64 bits per heavy atom. The highest BCUT2D eigenvalue weighted by Gasteiger charge is 2.53. The fraction of sp³-hybridized carbons (Fsp3) is 0.633. The van der Waals surface area contributed by atoms with Gasteiger partial charge in [0.1, 0.15) is 11.3 Å². The highest BCUT2D eigenvalue weighted by atomic mass is 35.5. The summed E-state index contributed by atoms with van der Waals surface area (Å²) in [7, 11) is -2.17. The van der Waals surface area contributed by atoms with Gasteiger partial charge in [-0.25, -0.2) is 4.98 Å². The van der Waals surface area contributed by atoms with Crippen molar-refractivity contribution in [3.63, 3.8) is 0 Å². The molecule has 2 aromatic rings. The Morgan fingerprint density at radius 1 is 1.03 bits per heavy atom. The second-order valence-corrected chi connectivity index (χ2v) is 18.8. The van der Waals surface area contributed by atoms with Crippen molar-refractivity contribution in [1.82, 2.24) is 4.98 Å². The maximum atomic E-state index is 13.3. The Balaban J connectivity index is 1.70. The van der Waals surface area contributed by atoms with Crippen LogP contribution in [0.2, 0.25) is 23.3 Å². The topological polar surface area (TPSA) is 40.6 Å². The smallest absolute Gasteiger partial charge is 0.410 e. The molecule has 1 saturated heterocycles. The number of halogens is 4. The van der Waals surface area contributed by atoms with E-state index >= 15 is 0 Å². The van der Waals surface area contributed by atoms with Crippen LogP contribution >= 0.6 is 11.6 Å². The number of alkyl halides is 3. The number of benzene rings is 1. The van der Waals surface area contributed by atoms with Crippen LogP contribution in [-0.4, -0.2) is 26.5 Å².